The van der Waals surface area contributed by atoms with E-state index in [1.165, 1.54) is 18.4 Å². The molecule has 0 bridgehead atoms. The number of ether oxygens (including phenoxy) is 1. The third-order valence-corrected chi connectivity index (χ3v) is 2.87. The van der Waals surface area contributed by atoms with Gasteiger partial charge in [-0.1, -0.05) is 32.0 Å². The van der Waals surface area contributed by atoms with Gasteiger partial charge in [0.05, 0.1) is 6.61 Å². The Hall–Kier alpha value is -1.02. The second-order valence-corrected chi connectivity index (χ2v) is 4.71. The van der Waals surface area contributed by atoms with Gasteiger partial charge >= 0.3 is 0 Å². The molecule has 0 aromatic heterocycles. The van der Waals surface area contributed by atoms with Crippen molar-refractivity contribution in [3.63, 3.8) is 0 Å². The lowest BCUT2D eigenvalue weighted by Gasteiger charge is -2.13. The van der Waals surface area contributed by atoms with Crippen LogP contribution in [0.3, 0.4) is 0 Å². The molecule has 0 unspecified atom stereocenters. The molecule has 0 spiro atoms. The molecule has 0 atom stereocenters. The van der Waals surface area contributed by atoms with Crippen molar-refractivity contribution in [3.8, 4) is 5.75 Å². The quantitative estimate of drug-likeness (QED) is 0.695. The second-order valence-electron chi connectivity index (χ2n) is 4.71. The minimum Gasteiger partial charge on any atom is -0.493 e. The Morgan fingerprint density at radius 1 is 1.12 bits per heavy atom. The zero-order valence-corrected chi connectivity index (χ0v) is 11.3. The highest BCUT2D eigenvalue weighted by Crippen LogP contribution is 2.25. The van der Waals surface area contributed by atoms with E-state index in [9.17, 15) is 0 Å². The number of hydrogen-bond donors (Lipinski definition) is 1. The van der Waals surface area contributed by atoms with Gasteiger partial charge in [0.2, 0.25) is 0 Å². The third-order valence-electron chi connectivity index (χ3n) is 2.87. The summed E-state index contributed by atoms with van der Waals surface area (Å²) < 4.78 is 5.86. The van der Waals surface area contributed by atoms with Gasteiger partial charge in [-0.2, -0.15) is 0 Å². The zero-order valence-electron chi connectivity index (χ0n) is 11.3. The third kappa shape index (κ3) is 5.22. The van der Waals surface area contributed by atoms with Gasteiger partial charge in [0.15, 0.2) is 0 Å². The van der Waals surface area contributed by atoms with Crippen LogP contribution < -0.4 is 10.1 Å². The highest BCUT2D eigenvalue weighted by molar-refractivity contribution is 5.35. The first-order chi connectivity index (χ1) is 8.25. The summed E-state index contributed by atoms with van der Waals surface area (Å²) in [4.78, 5) is 0. The Morgan fingerprint density at radius 2 is 1.88 bits per heavy atom. The molecular weight excluding hydrogens is 210 g/mol. The minimum atomic E-state index is 0.524. The van der Waals surface area contributed by atoms with Gasteiger partial charge in [0.25, 0.3) is 0 Å². The Morgan fingerprint density at radius 3 is 2.59 bits per heavy atom. The number of benzene rings is 1. The SMILES string of the molecule is CNCCCCCOc1ccccc1C(C)C. The molecule has 1 N–H and O–H groups in total. The van der Waals surface area contributed by atoms with E-state index in [4.69, 9.17) is 4.74 Å². The maximum absolute atomic E-state index is 5.86. The average Bonchev–Trinajstić information content (AvgIpc) is 2.34. The molecule has 96 valence electrons. The monoisotopic (exact) mass is 235 g/mol. The van der Waals surface area contributed by atoms with Crippen LogP contribution >= 0.6 is 0 Å². The molecule has 0 aliphatic carbocycles. The molecule has 0 saturated carbocycles. The van der Waals surface area contributed by atoms with Crippen LogP contribution in [0.1, 0.15) is 44.6 Å². The van der Waals surface area contributed by atoms with Crippen molar-refractivity contribution in [2.75, 3.05) is 20.2 Å². The van der Waals surface area contributed by atoms with Crippen LogP contribution in [0.5, 0.6) is 5.75 Å². The predicted molar refractivity (Wildman–Crippen MR) is 73.8 cm³/mol. The molecule has 1 aromatic carbocycles. The molecule has 0 heterocycles. The van der Waals surface area contributed by atoms with E-state index < -0.39 is 0 Å². The van der Waals surface area contributed by atoms with Crippen LogP contribution in [0.4, 0.5) is 0 Å². The number of rotatable bonds is 8. The summed E-state index contributed by atoms with van der Waals surface area (Å²) in [6.07, 6.45) is 3.59. The van der Waals surface area contributed by atoms with Crippen LogP contribution in [0, 0.1) is 0 Å². The molecule has 1 rings (SSSR count). The van der Waals surface area contributed by atoms with Crippen LogP contribution in [-0.4, -0.2) is 20.2 Å². The van der Waals surface area contributed by atoms with Crippen LogP contribution in [0.15, 0.2) is 24.3 Å². The molecule has 0 amide bonds. The van der Waals surface area contributed by atoms with Crippen molar-refractivity contribution >= 4 is 0 Å². The summed E-state index contributed by atoms with van der Waals surface area (Å²) in [7, 11) is 2.00. The summed E-state index contributed by atoms with van der Waals surface area (Å²) in [6, 6.07) is 8.35. The normalized spacial score (nSPS) is 10.8. The minimum absolute atomic E-state index is 0.524. The van der Waals surface area contributed by atoms with E-state index in [-0.39, 0.29) is 0 Å². The van der Waals surface area contributed by atoms with Crippen molar-refractivity contribution in [1.29, 1.82) is 0 Å². The molecule has 0 aliphatic rings. The van der Waals surface area contributed by atoms with Gasteiger partial charge in [0.1, 0.15) is 5.75 Å². The fourth-order valence-electron chi connectivity index (χ4n) is 1.85. The Kier molecular flexibility index (Phi) is 6.71. The van der Waals surface area contributed by atoms with Gasteiger partial charge in [-0.25, -0.2) is 0 Å². The molecular formula is C15H25NO. The number of para-hydroxylation sites is 1. The summed E-state index contributed by atoms with van der Waals surface area (Å²) >= 11 is 0. The molecule has 17 heavy (non-hydrogen) atoms. The molecule has 0 radical (unpaired) electrons. The lowest BCUT2D eigenvalue weighted by molar-refractivity contribution is 0.301. The van der Waals surface area contributed by atoms with E-state index in [0.29, 0.717) is 5.92 Å². The maximum atomic E-state index is 5.86. The van der Waals surface area contributed by atoms with E-state index in [0.717, 1.165) is 25.3 Å². The Balaban J connectivity index is 2.31. The zero-order chi connectivity index (χ0) is 12.5. The standard InChI is InChI=1S/C15H25NO/c1-13(2)14-9-5-6-10-15(14)17-12-8-4-7-11-16-3/h5-6,9-10,13,16H,4,7-8,11-12H2,1-3H3. The average molecular weight is 235 g/mol. The fraction of sp³-hybridized carbons (Fsp3) is 0.600. The number of unbranched alkanes of at least 4 members (excludes halogenated alkanes) is 2. The summed E-state index contributed by atoms with van der Waals surface area (Å²) in [5.41, 5.74) is 1.31. The first-order valence-corrected chi connectivity index (χ1v) is 6.62. The summed E-state index contributed by atoms with van der Waals surface area (Å²) in [5, 5.41) is 3.16. The van der Waals surface area contributed by atoms with E-state index in [2.05, 4.69) is 37.4 Å². The summed E-state index contributed by atoms with van der Waals surface area (Å²) in [5.74, 6) is 1.58. The van der Waals surface area contributed by atoms with Crippen molar-refractivity contribution < 1.29 is 4.74 Å². The van der Waals surface area contributed by atoms with Gasteiger partial charge in [-0.3, -0.25) is 0 Å². The molecule has 0 aliphatic heterocycles. The van der Waals surface area contributed by atoms with Gasteiger partial charge in [-0.15, -0.1) is 0 Å². The fourth-order valence-corrected chi connectivity index (χ4v) is 1.85. The summed E-state index contributed by atoms with van der Waals surface area (Å²) in [6.45, 7) is 6.33. The maximum Gasteiger partial charge on any atom is 0.122 e. The van der Waals surface area contributed by atoms with Crippen molar-refractivity contribution in [1.82, 2.24) is 5.32 Å². The lowest BCUT2D eigenvalue weighted by atomic mass is 10.0. The van der Waals surface area contributed by atoms with Crippen molar-refractivity contribution in [2.24, 2.45) is 0 Å². The van der Waals surface area contributed by atoms with Crippen LogP contribution in [-0.2, 0) is 0 Å². The number of nitrogens with one attached hydrogen (secondary N) is 1. The highest BCUT2D eigenvalue weighted by atomic mass is 16.5. The van der Waals surface area contributed by atoms with E-state index >= 15 is 0 Å². The number of hydrogen-bond acceptors (Lipinski definition) is 2. The Labute approximate surface area is 105 Å². The van der Waals surface area contributed by atoms with Crippen molar-refractivity contribution in [2.45, 2.75) is 39.0 Å². The Bertz CT molecular complexity index is 310. The molecule has 2 nitrogen and oxygen atoms in total. The van der Waals surface area contributed by atoms with E-state index in [1.807, 2.05) is 13.1 Å². The first kappa shape index (κ1) is 14.0. The van der Waals surface area contributed by atoms with Gasteiger partial charge < -0.3 is 10.1 Å². The van der Waals surface area contributed by atoms with Crippen LogP contribution in [0.25, 0.3) is 0 Å². The molecule has 2 heteroatoms. The molecule has 0 saturated heterocycles. The smallest absolute Gasteiger partial charge is 0.122 e. The van der Waals surface area contributed by atoms with Gasteiger partial charge in [-0.05, 0) is 50.4 Å². The molecule has 0 fully saturated rings. The van der Waals surface area contributed by atoms with Crippen LogP contribution in [0.2, 0.25) is 0 Å². The largest absolute Gasteiger partial charge is 0.493 e. The second kappa shape index (κ2) is 8.13. The molecule has 1 aromatic rings. The van der Waals surface area contributed by atoms with E-state index in [1.54, 1.807) is 0 Å². The predicted octanol–water partition coefficient (Wildman–Crippen LogP) is 3.58. The van der Waals surface area contributed by atoms with Crippen molar-refractivity contribution in [3.05, 3.63) is 29.8 Å². The first-order valence-electron chi connectivity index (χ1n) is 6.62. The highest BCUT2D eigenvalue weighted by Gasteiger charge is 2.05. The topological polar surface area (TPSA) is 21.3 Å². The van der Waals surface area contributed by atoms with Gasteiger partial charge in [0, 0.05) is 0 Å². The lowest BCUT2D eigenvalue weighted by Crippen LogP contribution is -2.08.